The smallest absolute Gasteiger partial charge is 0.367 e. The number of imidazole rings is 1. The molecule has 0 bridgehead atoms. The number of hydrogen-bond acceptors (Lipinski definition) is 4. The second kappa shape index (κ2) is 9.25. The minimum absolute atomic E-state index is 0.157. The zero-order chi connectivity index (χ0) is 21.6. The largest absolute Gasteiger partial charge is 0.508 e. The van der Waals surface area contributed by atoms with Crippen molar-refractivity contribution in [3.8, 4) is 22.9 Å². The second-order valence-corrected chi connectivity index (χ2v) is 7.19. The number of urea groups is 1. The number of aromatic nitrogens is 2. The molecule has 8 nitrogen and oxygen atoms in total. The molecular formula is C23H22N4O4. The second-order valence-electron chi connectivity index (χ2n) is 7.19. The standard InChI is InChI=1S/C20H20N2O3.C3H2N2O/c23-17-9-5-15(6-10-17)21-13-14-22(20(21)24)16-7-11-19(12-8-16)25-18-3-1-2-4-18;6-3-4-1-2-5-3/h5-14,18,23H,1-4H2;1-2H. The van der Waals surface area contributed by atoms with Crippen molar-refractivity contribution < 1.29 is 14.6 Å². The summed E-state index contributed by atoms with van der Waals surface area (Å²) in [5.41, 5.74) is 1.35. The first-order chi connectivity index (χ1) is 15.1. The topological polar surface area (TPSA) is 98.2 Å². The molecule has 1 aliphatic heterocycles. The number of phenolic OH excluding ortho intramolecular Hbond substituents is 1. The van der Waals surface area contributed by atoms with Gasteiger partial charge >= 0.3 is 11.7 Å². The van der Waals surface area contributed by atoms with Gasteiger partial charge in [0, 0.05) is 12.4 Å². The molecule has 0 atom stereocenters. The van der Waals surface area contributed by atoms with Crippen LogP contribution in [0.5, 0.6) is 11.5 Å². The average molecular weight is 418 g/mol. The van der Waals surface area contributed by atoms with Crippen LogP contribution in [0, 0.1) is 0 Å². The molecule has 8 heteroatoms. The molecule has 5 rings (SSSR count). The van der Waals surface area contributed by atoms with Gasteiger partial charge in [-0.1, -0.05) is 0 Å². The van der Waals surface area contributed by atoms with E-state index in [0.717, 1.165) is 24.3 Å². The number of nitrogens with zero attached hydrogens (tertiary/aromatic N) is 4. The summed E-state index contributed by atoms with van der Waals surface area (Å²) in [7, 11) is 0. The van der Waals surface area contributed by atoms with Gasteiger partial charge in [0.2, 0.25) is 0 Å². The molecular weight excluding hydrogens is 396 g/mol. The zero-order valence-electron chi connectivity index (χ0n) is 16.8. The van der Waals surface area contributed by atoms with Crippen molar-refractivity contribution in [1.82, 2.24) is 9.13 Å². The maximum atomic E-state index is 12.7. The van der Waals surface area contributed by atoms with Crippen molar-refractivity contribution in [2.45, 2.75) is 31.8 Å². The fourth-order valence-corrected chi connectivity index (χ4v) is 3.49. The van der Waals surface area contributed by atoms with E-state index in [1.807, 2.05) is 24.3 Å². The summed E-state index contributed by atoms with van der Waals surface area (Å²) in [6, 6.07) is 13.8. The maximum absolute atomic E-state index is 12.7. The summed E-state index contributed by atoms with van der Waals surface area (Å²) in [4.78, 5) is 29.0. The molecule has 1 N–H and O–H groups in total. The highest BCUT2D eigenvalue weighted by atomic mass is 16.5. The molecule has 2 heterocycles. The number of amides is 2. The molecule has 1 fully saturated rings. The van der Waals surface area contributed by atoms with Crippen molar-refractivity contribution in [3.63, 3.8) is 0 Å². The van der Waals surface area contributed by atoms with Crippen LogP contribution in [0.1, 0.15) is 25.7 Å². The third-order valence-electron chi connectivity index (χ3n) is 5.06. The molecule has 3 aromatic rings. The Bertz CT molecular complexity index is 1140. The van der Waals surface area contributed by atoms with E-state index in [1.54, 1.807) is 45.8 Å². The van der Waals surface area contributed by atoms with E-state index in [1.165, 1.54) is 25.3 Å². The van der Waals surface area contributed by atoms with Crippen LogP contribution in [-0.4, -0.2) is 38.8 Å². The number of rotatable bonds is 4. The predicted octanol–water partition coefficient (Wildman–Crippen LogP) is 3.92. The number of hydrogen-bond donors (Lipinski definition) is 1. The number of aromatic hydroxyl groups is 1. The van der Waals surface area contributed by atoms with Crippen molar-refractivity contribution >= 4 is 18.5 Å². The Kier molecular flexibility index (Phi) is 6.07. The number of carbonyl (C=O) groups is 1. The third kappa shape index (κ3) is 4.98. The molecule has 0 spiro atoms. The Morgan fingerprint density at radius 2 is 1.32 bits per heavy atom. The Balaban J connectivity index is 0.000000334. The molecule has 1 aromatic heterocycles. The van der Waals surface area contributed by atoms with Gasteiger partial charge in [-0.05, 0) is 74.2 Å². The number of aliphatic imine (C=N–C) groups is 2. The van der Waals surface area contributed by atoms with Gasteiger partial charge in [0.15, 0.2) is 0 Å². The van der Waals surface area contributed by atoms with Crippen LogP contribution in [0.15, 0.2) is 75.7 Å². The highest BCUT2D eigenvalue weighted by Crippen LogP contribution is 2.24. The van der Waals surface area contributed by atoms with Crippen LogP contribution in [0.3, 0.4) is 0 Å². The third-order valence-corrected chi connectivity index (χ3v) is 5.06. The summed E-state index contributed by atoms with van der Waals surface area (Å²) in [5.74, 6) is 1.02. The van der Waals surface area contributed by atoms with Crippen LogP contribution in [0.2, 0.25) is 0 Å². The van der Waals surface area contributed by atoms with Crippen molar-refractivity contribution in [2.24, 2.45) is 9.98 Å². The van der Waals surface area contributed by atoms with E-state index in [0.29, 0.717) is 11.8 Å². The Hall–Kier alpha value is -3.94. The van der Waals surface area contributed by atoms with Gasteiger partial charge in [-0.3, -0.25) is 9.13 Å². The first kappa shape index (κ1) is 20.3. The lowest BCUT2D eigenvalue weighted by Crippen LogP contribution is -2.21. The number of ether oxygens (including phenoxy) is 1. The van der Waals surface area contributed by atoms with Crippen LogP contribution >= 0.6 is 0 Å². The van der Waals surface area contributed by atoms with Gasteiger partial charge in [-0.15, -0.1) is 0 Å². The van der Waals surface area contributed by atoms with Gasteiger partial charge in [0.1, 0.15) is 11.5 Å². The summed E-state index contributed by atoms with van der Waals surface area (Å²) in [6.07, 6.45) is 11.2. The van der Waals surface area contributed by atoms with E-state index in [4.69, 9.17) is 4.74 Å². The number of carbonyl (C=O) groups excluding carboxylic acids is 1. The van der Waals surface area contributed by atoms with Crippen LogP contribution < -0.4 is 10.4 Å². The minimum atomic E-state index is -0.407. The summed E-state index contributed by atoms with van der Waals surface area (Å²) in [5, 5.41) is 9.38. The monoisotopic (exact) mass is 418 g/mol. The van der Waals surface area contributed by atoms with Gasteiger partial charge < -0.3 is 9.84 Å². The van der Waals surface area contributed by atoms with Crippen LogP contribution in [-0.2, 0) is 0 Å². The van der Waals surface area contributed by atoms with E-state index in [9.17, 15) is 14.7 Å². The average Bonchev–Trinajstić information content (AvgIpc) is 3.54. The summed E-state index contributed by atoms with van der Waals surface area (Å²) in [6.45, 7) is 0. The maximum Gasteiger partial charge on any atom is 0.367 e. The fourth-order valence-electron chi connectivity index (χ4n) is 3.49. The highest BCUT2D eigenvalue weighted by Gasteiger charge is 2.16. The number of phenols is 1. The van der Waals surface area contributed by atoms with E-state index in [-0.39, 0.29) is 11.4 Å². The van der Waals surface area contributed by atoms with Crippen LogP contribution in [0.25, 0.3) is 11.4 Å². The Labute approximate surface area is 178 Å². The molecule has 1 saturated carbocycles. The minimum Gasteiger partial charge on any atom is -0.508 e. The predicted molar refractivity (Wildman–Crippen MR) is 118 cm³/mol. The fraction of sp³-hybridized carbons (Fsp3) is 0.217. The molecule has 158 valence electrons. The lowest BCUT2D eigenvalue weighted by molar-refractivity contribution is 0.210. The molecule has 0 unspecified atom stereocenters. The molecule has 2 aromatic carbocycles. The van der Waals surface area contributed by atoms with E-state index < -0.39 is 6.03 Å². The number of benzene rings is 2. The zero-order valence-corrected chi connectivity index (χ0v) is 16.8. The van der Waals surface area contributed by atoms with Crippen molar-refractivity contribution in [1.29, 1.82) is 0 Å². The quantitative estimate of drug-likeness (QED) is 0.694. The van der Waals surface area contributed by atoms with E-state index in [2.05, 4.69) is 9.98 Å². The van der Waals surface area contributed by atoms with Crippen LogP contribution in [0.4, 0.5) is 4.79 Å². The SMILES string of the molecule is O=C1N=CC=N1.O=c1n(-c2ccc(O)cc2)ccn1-c1ccc(OC2CCCC2)cc1. The highest BCUT2D eigenvalue weighted by molar-refractivity contribution is 6.25. The molecule has 2 aliphatic rings. The first-order valence-corrected chi connectivity index (χ1v) is 10.1. The summed E-state index contributed by atoms with van der Waals surface area (Å²) < 4.78 is 9.10. The Morgan fingerprint density at radius 3 is 1.81 bits per heavy atom. The lowest BCUT2D eigenvalue weighted by atomic mass is 10.2. The van der Waals surface area contributed by atoms with Crippen molar-refractivity contribution in [2.75, 3.05) is 0 Å². The molecule has 0 saturated heterocycles. The first-order valence-electron chi connectivity index (χ1n) is 10.1. The van der Waals surface area contributed by atoms with Gasteiger partial charge in [0.25, 0.3) is 0 Å². The molecule has 31 heavy (non-hydrogen) atoms. The molecule has 2 amide bonds. The lowest BCUT2D eigenvalue weighted by Gasteiger charge is -2.13. The molecule has 1 aliphatic carbocycles. The van der Waals surface area contributed by atoms with Gasteiger partial charge in [0.05, 0.1) is 29.9 Å². The van der Waals surface area contributed by atoms with Gasteiger partial charge in [-0.25, -0.2) is 9.59 Å². The van der Waals surface area contributed by atoms with Gasteiger partial charge in [-0.2, -0.15) is 9.98 Å². The normalized spacial score (nSPS) is 15.2. The molecule has 0 radical (unpaired) electrons. The van der Waals surface area contributed by atoms with Crippen molar-refractivity contribution in [3.05, 3.63) is 71.4 Å². The Morgan fingerprint density at radius 1 is 0.806 bits per heavy atom. The van der Waals surface area contributed by atoms with E-state index >= 15 is 0 Å². The summed E-state index contributed by atoms with van der Waals surface area (Å²) >= 11 is 0.